The maximum atomic E-state index is 5.76. The number of nitrogen functional groups attached to an aromatic ring is 1. The van der Waals surface area contributed by atoms with Gasteiger partial charge < -0.3 is 5.73 Å². The van der Waals surface area contributed by atoms with Gasteiger partial charge in [-0.25, -0.2) is 4.68 Å². The zero-order valence-electron chi connectivity index (χ0n) is 7.61. The molecule has 14 heavy (non-hydrogen) atoms. The first-order valence-corrected chi connectivity index (χ1v) is 4.47. The van der Waals surface area contributed by atoms with Crippen LogP contribution in [0.1, 0.15) is 0 Å². The lowest BCUT2D eigenvalue weighted by atomic mass is 10.2. The Morgan fingerprint density at radius 2 is 1.93 bits per heavy atom. The van der Waals surface area contributed by atoms with Crippen molar-refractivity contribution < 1.29 is 0 Å². The summed E-state index contributed by atoms with van der Waals surface area (Å²) in [6, 6.07) is 7.31. The molecule has 1 heterocycles. The molecule has 2 rings (SSSR count). The molecular formula is C9H9ClN4. The molecule has 0 aliphatic carbocycles. The molecule has 2 N–H and O–H groups in total. The summed E-state index contributed by atoms with van der Waals surface area (Å²) in [5.74, 6) is 1.01. The summed E-state index contributed by atoms with van der Waals surface area (Å²) in [5, 5.41) is 4.84. The van der Waals surface area contributed by atoms with E-state index in [1.165, 1.54) is 4.68 Å². The zero-order chi connectivity index (χ0) is 10.1. The molecule has 72 valence electrons. The molecule has 0 aliphatic heterocycles. The van der Waals surface area contributed by atoms with Gasteiger partial charge >= 0.3 is 0 Å². The van der Waals surface area contributed by atoms with Crippen LogP contribution in [-0.4, -0.2) is 14.8 Å². The molecular weight excluding hydrogens is 200 g/mol. The quantitative estimate of drug-likeness (QED) is 0.777. The highest BCUT2D eigenvalue weighted by molar-refractivity contribution is 6.30. The van der Waals surface area contributed by atoms with Crippen molar-refractivity contribution in [2.45, 2.75) is 0 Å². The maximum Gasteiger partial charge on any atom is 0.218 e. The molecule has 0 spiro atoms. The highest BCUT2D eigenvalue weighted by atomic mass is 35.5. The second kappa shape index (κ2) is 3.31. The van der Waals surface area contributed by atoms with Crippen molar-refractivity contribution in [3.63, 3.8) is 0 Å². The Morgan fingerprint density at radius 1 is 1.29 bits per heavy atom. The summed E-state index contributed by atoms with van der Waals surface area (Å²) in [4.78, 5) is 4.10. The van der Waals surface area contributed by atoms with Gasteiger partial charge in [-0.2, -0.15) is 4.98 Å². The zero-order valence-corrected chi connectivity index (χ0v) is 8.36. The van der Waals surface area contributed by atoms with E-state index in [4.69, 9.17) is 17.3 Å². The third-order valence-corrected chi connectivity index (χ3v) is 2.15. The Balaban J connectivity index is 2.44. The third kappa shape index (κ3) is 1.56. The van der Waals surface area contributed by atoms with Crippen molar-refractivity contribution >= 4 is 17.5 Å². The number of nitrogens with zero attached hydrogens (tertiary/aromatic N) is 3. The van der Waals surface area contributed by atoms with E-state index in [2.05, 4.69) is 10.1 Å². The van der Waals surface area contributed by atoms with Crippen molar-refractivity contribution in [2.24, 2.45) is 7.05 Å². The minimum atomic E-state index is 0.398. The number of nitrogens with two attached hydrogens (primary N) is 1. The average Bonchev–Trinajstić information content (AvgIpc) is 2.48. The molecule has 0 atom stereocenters. The van der Waals surface area contributed by atoms with Crippen LogP contribution in [0.25, 0.3) is 11.4 Å². The first kappa shape index (κ1) is 9.02. The predicted octanol–water partition coefficient (Wildman–Crippen LogP) is 1.72. The summed E-state index contributed by atoms with van der Waals surface area (Å²) in [7, 11) is 1.75. The van der Waals surface area contributed by atoms with Crippen LogP contribution in [0.4, 0.5) is 5.95 Å². The van der Waals surface area contributed by atoms with Crippen LogP contribution in [0.2, 0.25) is 5.02 Å². The number of halogens is 1. The SMILES string of the molecule is Cn1nc(-c2ccc(Cl)cc2)nc1N. The van der Waals surface area contributed by atoms with Crippen molar-refractivity contribution in [3.8, 4) is 11.4 Å². The van der Waals surface area contributed by atoms with Crippen LogP contribution in [0.15, 0.2) is 24.3 Å². The molecule has 0 amide bonds. The lowest BCUT2D eigenvalue weighted by Crippen LogP contribution is -1.97. The summed E-state index contributed by atoms with van der Waals surface area (Å²) in [5.41, 5.74) is 6.48. The van der Waals surface area contributed by atoms with Gasteiger partial charge in [-0.3, -0.25) is 0 Å². The largest absolute Gasteiger partial charge is 0.368 e. The highest BCUT2D eigenvalue weighted by Crippen LogP contribution is 2.18. The van der Waals surface area contributed by atoms with Crippen molar-refractivity contribution in [2.75, 3.05) is 5.73 Å². The van der Waals surface area contributed by atoms with Gasteiger partial charge in [0.25, 0.3) is 0 Å². The van der Waals surface area contributed by atoms with Gasteiger partial charge in [0.15, 0.2) is 5.82 Å². The minimum absolute atomic E-state index is 0.398. The predicted molar refractivity (Wildman–Crippen MR) is 55.9 cm³/mol. The van der Waals surface area contributed by atoms with E-state index in [-0.39, 0.29) is 0 Å². The Bertz CT molecular complexity index is 427. The molecule has 1 aromatic carbocycles. The number of benzene rings is 1. The van der Waals surface area contributed by atoms with Crippen LogP contribution < -0.4 is 5.73 Å². The summed E-state index contributed by atoms with van der Waals surface area (Å²) < 4.78 is 1.53. The molecule has 0 fully saturated rings. The van der Waals surface area contributed by atoms with Gasteiger partial charge in [0, 0.05) is 17.6 Å². The first-order valence-electron chi connectivity index (χ1n) is 4.09. The fourth-order valence-corrected chi connectivity index (χ4v) is 1.24. The van der Waals surface area contributed by atoms with Gasteiger partial charge in [-0.1, -0.05) is 11.6 Å². The Kier molecular flexibility index (Phi) is 2.13. The van der Waals surface area contributed by atoms with Gasteiger partial charge in [-0.15, -0.1) is 5.10 Å². The number of aryl methyl sites for hydroxylation is 1. The standard InChI is InChI=1S/C9H9ClN4/c1-14-9(11)12-8(13-14)6-2-4-7(10)5-3-6/h2-5H,1H3,(H2,11,12,13). The summed E-state index contributed by atoms with van der Waals surface area (Å²) in [6.07, 6.45) is 0. The smallest absolute Gasteiger partial charge is 0.218 e. The van der Waals surface area contributed by atoms with Gasteiger partial charge in [0.05, 0.1) is 0 Å². The Hall–Kier alpha value is -1.55. The van der Waals surface area contributed by atoms with Crippen molar-refractivity contribution in [1.29, 1.82) is 0 Å². The van der Waals surface area contributed by atoms with E-state index in [1.54, 1.807) is 19.2 Å². The van der Waals surface area contributed by atoms with E-state index >= 15 is 0 Å². The van der Waals surface area contributed by atoms with Crippen LogP contribution in [0.3, 0.4) is 0 Å². The normalized spacial score (nSPS) is 10.4. The maximum absolute atomic E-state index is 5.76. The second-order valence-electron chi connectivity index (χ2n) is 2.92. The molecule has 0 bridgehead atoms. The first-order chi connectivity index (χ1) is 6.66. The lowest BCUT2D eigenvalue weighted by molar-refractivity contribution is 0.781. The van der Waals surface area contributed by atoms with E-state index in [1.807, 2.05) is 12.1 Å². The number of hydrogen-bond donors (Lipinski definition) is 1. The van der Waals surface area contributed by atoms with E-state index in [0.29, 0.717) is 16.8 Å². The van der Waals surface area contributed by atoms with Crippen LogP contribution in [-0.2, 0) is 7.05 Å². The number of anilines is 1. The summed E-state index contributed by atoms with van der Waals surface area (Å²) >= 11 is 5.76. The topological polar surface area (TPSA) is 56.7 Å². The van der Waals surface area contributed by atoms with Gasteiger partial charge in [-0.05, 0) is 24.3 Å². The highest BCUT2D eigenvalue weighted by Gasteiger charge is 2.05. The van der Waals surface area contributed by atoms with E-state index < -0.39 is 0 Å². The van der Waals surface area contributed by atoms with Crippen molar-refractivity contribution in [1.82, 2.24) is 14.8 Å². The van der Waals surface area contributed by atoms with Gasteiger partial charge in [0.2, 0.25) is 5.95 Å². The molecule has 0 saturated heterocycles. The van der Waals surface area contributed by atoms with Gasteiger partial charge in [0.1, 0.15) is 0 Å². The Morgan fingerprint density at radius 3 is 2.43 bits per heavy atom. The lowest BCUT2D eigenvalue weighted by Gasteiger charge is -1.93. The fourth-order valence-electron chi connectivity index (χ4n) is 1.12. The molecule has 5 heteroatoms. The number of hydrogen-bond acceptors (Lipinski definition) is 3. The summed E-state index contributed by atoms with van der Waals surface area (Å²) in [6.45, 7) is 0. The van der Waals surface area contributed by atoms with E-state index in [9.17, 15) is 0 Å². The monoisotopic (exact) mass is 208 g/mol. The fraction of sp³-hybridized carbons (Fsp3) is 0.111. The van der Waals surface area contributed by atoms with Crippen molar-refractivity contribution in [3.05, 3.63) is 29.3 Å². The molecule has 2 aromatic rings. The molecule has 1 aromatic heterocycles. The average molecular weight is 209 g/mol. The van der Waals surface area contributed by atoms with Crippen LogP contribution >= 0.6 is 11.6 Å². The van der Waals surface area contributed by atoms with Crippen LogP contribution in [0.5, 0.6) is 0 Å². The Labute approximate surface area is 86.3 Å². The number of rotatable bonds is 1. The molecule has 0 radical (unpaired) electrons. The molecule has 4 nitrogen and oxygen atoms in total. The van der Waals surface area contributed by atoms with E-state index in [0.717, 1.165) is 5.56 Å². The molecule has 0 saturated carbocycles. The third-order valence-electron chi connectivity index (χ3n) is 1.90. The number of aromatic nitrogens is 3. The molecule has 0 aliphatic rings. The molecule has 0 unspecified atom stereocenters. The second-order valence-corrected chi connectivity index (χ2v) is 3.36. The minimum Gasteiger partial charge on any atom is -0.368 e. The van der Waals surface area contributed by atoms with Crippen LogP contribution in [0, 0.1) is 0 Å².